The van der Waals surface area contributed by atoms with Gasteiger partial charge >= 0.3 is 0 Å². The summed E-state index contributed by atoms with van der Waals surface area (Å²) < 4.78 is 5.33. The lowest BCUT2D eigenvalue weighted by Crippen LogP contribution is -2.40. The van der Waals surface area contributed by atoms with Crippen molar-refractivity contribution in [3.63, 3.8) is 0 Å². The fourth-order valence-electron chi connectivity index (χ4n) is 2.14. The minimum absolute atomic E-state index is 0.707. The maximum atomic E-state index is 5.93. The highest BCUT2D eigenvalue weighted by Crippen LogP contribution is 2.26. The van der Waals surface area contributed by atoms with E-state index in [0.29, 0.717) is 5.69 Å². The van der Waals surface area contributed by atoms with Gasteiger partial charge < -0.3 is 15.9 Å². The van der Waals surface area contributed by atoms with Gasteiger partial charge in [-0.3, -0.25) is 4.98 Å². The van der Waals surface area contributed by atoms with E-state index in [0.717, 1.165) is 42.9 Å². The van der Waals surface area contributed by atoms with Crippen molar-refractivity contribution in [2.75, 3.05) is 37.5 Å². The first-order valence-corrected chi connectivity index (χ1v) is 6.07. The quantitative estimate of drug-likeness (QED) is 0.783. The van der Waals surface area contributed by atoms with Crippen molar-refractivity contribution in [3.8, 4) is 0 Å². The first kappa shape index (κ1) is 11.3. The molecule has 5 heteroatoms. The molecule has 1 saturated heterocycles. The molecule has 1 aromatic carbocycles. The number of nitrogens with zero attached hydrogens (tertiary/aromatic N) is 2. The van der Waals surface area contributed by atoms with Crippen LogP contribution >= 0.6 is 0 Å². The second kappa shape index (κ2) is 4.80. The fraction of sp³-hybridized carbons (Fsp3) is 0.308. The van der Waals surface area contributed by atoms with Gasteiger partial charge in [0, 0.05) is 24.7 Å². The van der Waals surface area contributed by atoms with Crippen LogP contribution in [-0.2, 0) is 4.74 Å². The van der Waals surface area contributed by atoms with Crippen LogP contribution in [0.25, 0.3) is 10.9 Å². The molecule has 0 bridgehead atoms. The third kappa shape index (κ3) is 2.10. The van der Waals surface area contributed by atoms with Crippen LogP contribution in [0.5, 0.6) is 0 Å². The van der Waals surface area contributed by atoms with Crippen LogP contribution in [0.3, 0.4) is 0 Å². The number of nitrogens with two attached hydrogens (primary N) is 1. The molecule has 0 spiro atoms. The number of fused-ring (bicyclic) bond motifs is 1. The van der Waals surface area contributed by atoms with Gasteiger partial charge in [0.05, 0.1) is 30.1 Å². The number of pyridine rings is 1. The molecule has 1 aromatic heterocycles. The number of nitrogens with one attached hydrogen (secondary N) is 1. The zero-order valence-electron chi connectivity index (χ0n) is 10.1. The molecule has 1 fully saturated rings. The first-order valence-electron chi connectivity index (χ1n) is 6.07. The third-order valence-corrected chi connectivity index (χ3v) is 3.09. The van der Waals surface area contributed by atoms with E-state index in [-0.39, 0.29) is 0 Å². The van der Waals surface area contributed by atoms with Crippen LogP contribution in [0.2, 0.25) is 0 Å². The van der Waals surface area contributed by atoms with Crippen molar-refractivity contribution in [2.45, 2.75) is 0 Å². The third-order valence-electron chi connectivity index (χ3n) is 3.09. The van der Waals surface area contributed by atoms with Crippen LogP contribution in [0.4, 0.5) is 11.4 Å². The van der Waals surface area contributed by atoms with Crippen molar-refractivity contribution in [1.29, 1.82) is 0 Å². The lowest BCUT2D eigenvalue weighted by molar-refractivity contribution is 0.0497. The molecule has 2 aromatic rings. The highest BCUT2D eigenvalue weighted by molar-refractivity contribution is 5.98. The Kier molecular flexibility index (Phi) is 3.00. The normalized spacial score (nSPS) is 16.9. The van der Waals surface area contributed by atoms with Crippen LogP contribution in [0.15, 0.2) is 30.5 Å². The van der Waals surface area contributed by atoms with E-state index in [1.54, 1.807) is 6.20 Å². The van der Waals surface area contributed by atoms with Gasteiger partial charge in [0.1, 0.15) is 0 Å². The summed E-state index contributed by atoms with van der Waals surface area (Å²) >= 11 is 0. The second-order valence-corrected chi connectivity index (χ2v) is 4.31. The van der Waals surface area contributed by atoms with Crippen molar-refractivity contribution in [2.24, 2.45) is 0 Å². The number of morpholine rings is 1. The highest BCUT2D eigenvalue weighted by Gasteiger charge is 2.12. The van der Waals surface area contributed by atoms with Gasteiger partial charge in [-0.1, -0.05) is 0 Å². The highest BCUT2D eigenvalue weighted by atomic mass is 16.5. The van der Waals surface area contributed by atoms with Crippen LogP contribution in [0, 0.1) is 0 Å². The van der Waals surface area contributed by atoms with E-state index in [1.807, 2.05) is 24.3 Å². The molecule has 5 nitrogen and oxygen atoms in total. The summed E-state index contributed by atoms with van der Waals surface area (Å²) in [5.74, 6) is 0. The molecule has 0 amide bonds. The summed E-state index contributed by atoms with van der Waals surface area (Å²) in [4.78, 5) is 4.33. The molecule has 0 aliphatic carbocycles. The topological polar surface area (TPSA) is 63.4 Å². The van der Waals surface area contributed by atoms with E-state index < -0.39 is 0 Å². The Labute approximate surface area is 106 Å². The Hall–Kier alpha value is -1.85. The summed E-state index contributed by atoms with van der Waals surface area (Å²) in [5, 5.41) is 3.20. The van der Waals surface area contributed by atoms with Crippen molar-refractivity contribution >= 4 is 22.3 Å². The van der Waals surface area contributed by atoms with E-state index in [9.17, 15) is 0 Å². The van der Waals surface area contributed by atoms with Gasteiger partial charge in [-0.2, -0.15) is 0 Å². The zero-order chi connectivity index (χ0) is 12.4. The molecule has 1 aliphatic rings. The number of benzene rings is 1. The van der Waals surface area contributed by atoms with Gasteiger partial charge in [0.25, 0.3) is 0 Å². The number of anilines is 2. The van der Waals surface area contributed by atoms with Crippen molar-refractivity contribution in [3.05, 3.63) is 30.5 Å². The fourth-order valence-corrected chi connectivity index (χ4v) is 2.14. The summed E-state index contributed by atoms with van der Waals surface area (Å²) in [6, 6.07) is 7.83. The van der Waals surface area contributed by atoms with Gasteiger partial charge in [-0.25, -0.2) is 5.01 Å². The molecule has 3 rings (SSSR count). The van der Waals surface area contributed by atoms with Crippen LogP contribution in [-0.4, -0.2) is 36.3 Å². The average Bonchev–Trinajstić information content (AvgIpc) is 2.44. The predicted octanol–water partition coefficient (Wildman–Crippen LogP) is 1.48. The van der Waals surface area contributed by atoms with E-state index in [2.05, 4.69) is 15.4 Å². The van der Waals surface area contributed by atoms with E-state index in [4.69, 9.17) is 10.5 Å². The zero-order valence-corrected chi connectivity index (χ0v) is 10.1. The predicted molar refractivity (Wildman–Crippen MR) is 72.2 cm³/mol. The number of hydrogen-bond donors (Lipinski definition) is 2. The molecule has 94 valence electrons. The maximum Gasteiger partial charge on any atom is 0.0952 e. The number of hydrazine groups is 1. The molecule has 1 aliphatic heterocycles. The summed E-state index contributed by atoms with van der Waals surface area (Å²) in [5.41, 5.74) is 11.9. The molecular formula is C13H16N4O. The number of hydrogen-bond acceptors (Lipinski definition) is 5. The molecule has 0 unspecified atom stereocenters. The van der Waals surface area contributed by atoms with Gasteiger partial charge in [0.2, 0.25) is 0 Å². The number of rotatable bonds is 2. The number of ether oxygens (including phenoxy) is 1. The molecular weight excluding hydrogens is 228 g/mol. The summed E-state index contributed by atoms with van der Waals surface area (Å²) in [6.07, 6.45) is 1.76. The Morgan fingerprint density at radius 3 is 2.89 bits per heavy atom. The SMILES string of the molecule is Nc1ccc(NN2CCOCC2)c2cccnc12. The van der Waals surface area contributed by atoms with Gasteiger partial charge in [-0.15, -0.1) is 0 Å². The number of nitrogen functional groups attached to an aromatic ring is 1. The lowest BCUT2D eigenvalue weighted by Gasteiger charge is -2.28. The van der Waals surface area contributed by atoms with Crippen molar-refractivity contribution < 1.29 is 4.74 Å². The largest absolute Gasteiger partial charge is 0.397 e. The van der Waals surface area contributed by atoms with E-state index >= 15 is 0 Å². The molecule has 0 atom stereocenters. The van der Waals surface area contributed by atoms with Crippen molar-refractivity contribution in [1.82, 2.24) is 9.99 Å². The second-order valence-electron chi connectivity index (χ2n) is 4.31. The van der Waals surface area contributed by atoms with E-state index in [1.165, 1.54) is 0 Å². The molecule has 2 heterocycles. The average molecular weight is 244 g/mol. The van der Waals surface area contributed by atoms with Crippen LogP contribution in [0.1, 0.15) is 0 Å². The summed E-state index contributed by atoms with van der Waals surface area (Å²) in [7, 11) is 0. The molecule has 3 N–H and O–H groups in total. The van der Waals surface area contributed by atoms with Crippen LogP contribution < -0.4 is 11.2 Å². The van der Waals surface area contributed by atoms with Gasteiger partial charge in [0.15, 0.2) is 0 Å². The Bertz CT molecular complexity index is 552. The lowest BCUT2D eigenvalue weighted by atomic mass is 10.1. The van der Waals surface area contributed by atoms with Gasteiger partial charge in [-0.05, 0) is 24.3 Å². The Morgan fingerprint density at radius 2 is 2.06 bits per heavy atom. The standard InChI is InChI=1S/C13H16N4O/c14-11-3-4-12(10-2-1-5-15-13(10)11)16-17-6-8-18-9-7-17/h1-5,16H,6-9,14H2. The summed E-state index contributed by atoms with van der Waals surface area (Å²) in [6.45, 7) is 3.29. The number of aromatic nitrogens is 1. The maximum absolute atomic E-state index is 5.93. The Morgan fingerprint density at radius 1 is 1.22 bits per heavy atom. The first-order chi connectivity index (χ1) is 8.84. The smallest absolute Gasteiger partial charge is 0.0952 e. The minimum atomic E-state index is 0.707. The minimum Gasteiger partial charge on any atom is -0.397 e. The molecule has 0 saturated carbocycles. The molecule has 18 heavy (non-hydrogen) atoms. The monoisotopic (exact) mass is 244 g/mol. The molecule has 0 radical (unpaired) electrons. The Balaban J connectivity index is 1.94.